The second-order valence-electron chi connectivity index (χ2n) is 13.2. The minimum atomic E-state index is -5.70. The lowest BCUT2D eigenvalue weighted by Crippen LogP contribution is -2.68. The van der Waals surface area contributed by atoms with Crippen molar-refractivity contribution in [3.8, 4) is 0 Å². The van der Waals surface area contributed by atoms with Crippen LogP contribution in [-0.4, -0.2) is 252 Å². The van der Waals surface area contributed by atoms with Gasteiger partial charge in [-0.15, -0.1) is 0 Å². The summed E-state index contributed by atoms with van der Waals surface area (Å²) in [7, 11) is -21.9. The Balaban J connectivity index is 1.64. The highest BCUT2D eigenvalue weighted by molar-refractivity contribution is 7.81. The molecular formula is C24H42O33S4. The van der Waals surface area contributed by atoms with Crippen LogP contribution in [0.25, 0.3) is 0 Å². The summed E-state index contributed by atoms with van der Waals surface area (Å²) < 4.78 is 183. The summed E-state index contributed by atoms with van der Waals surface area (Å²) in [6, 6.07) is 0. The summed E-state index contributed by atoms with van der Waals surface area (Å²) in [4.78, 5) is 0. The van der Waals surface area contributed by atoms with Gasteiger partial charge in [0.05, 0.1) is 26.4 Å². The van der Waals surface area contributed by atoms with Gasteiger partial charge in [-0.05, 0) is 0 Å². The van der Waals surface area contributed by atoms with Crippen molar-refractivity contribution < 1.29 is 153 Å². The molecular weight excluding hydrogens is 944 g/mol. The zero-order valence-electron chi connectivity index (χ0n) is 30.0. The molecule has 20 atom stereocenters. The largest absolute Gasteiger partial charge is 0.397 e. The quantitative estimate of drug-likeness (QED) is 0.0567. The van der Waals surface area contributed by atoms with Gasteiger partial charge in [0.2, 0.25) is 0 Å². The van der Waals surface area contributed by atoms with Crippen LogP contribution in [-0.2, 0) is 91.5 Å². The molecule has 4 aliphatic rings. The van der Waals surface area contributed by atoms with Gasteiger partial charge in [0.1, 0.15) is 85.5 Å². The Kier molecular flexibility index (Phi) is 17.7. The molecule has 0 aliphatic carbocycles. The fourth-order valence-electron chi connectivity index (χ4n) is 6.28. The summed E-state index contributed by atoms with van der Waals surface area (Å²) in [5, 5.41) is 105. The number of aliphatic hydroxyl groups is 10. The van der Waals surface area contributed by atoms with E-state index in [0.29, 0.717) is 0 Å². The van der Waals surface area contributed by atoms with E-state index in [4.69, 9.17) is 37.7 Å². The van der Waals surface area contributed by atoms with E-state index in [1.54, 1.807) is 0 Å². The Morgan fingerprint density at radius 1 is 0.377 bits per heavy atom. The molecule has 4 saturated heterocycles. The van der Waals surface area contributed by atoms with Crippen molar-refractivity contribution in [1.29, 1.82) is 0 Å². The maximum atomic E-state index is 11.9. The Morgan fingerprint density at radius 3 is 1.18 bits per heavy atom. The van der Waals surface area contributed by atoms with E-state index < -0.39 is 191 Å². The predicted molar refractivity (Wildman–Crippen MR) is 176 cm³/mol. The minimum absolute atomic E-state index is 1.11. The van der Waals surface area contributed by atoms with E-state index >= 15 is 0 Å². The molecule has 2 unspecified atom stereocenters. The molecule has 4 rings (SSSR count). The van der Waals surface area contributed by atoms with E-state index in [9.17, 15) is 98.4 Å². The summed E-state index contributed by atoms with van der Waals surface area (Å²) in [5.41, 5.74) is 0. The fraction of sp³-hybridized carbons (Fsp3) is 1.00. The normalized spacial score (nSPS) is 43.2. The smallest absolute Gasteiger partial charge is 0.394 e. The van der Waals surface area contributed by atoms with E-state index in [1.165, 1.54) is 0 Å². The molecule has 0 bridgehead atoms. The topological polar surface area (TPSA) is 521 Å². The monoisotopic (exact) mass is 986 g/mol. The van der Waals surface area contributed by atoms with Crippen molar-refractivity contribution in [3.63, 3.8) is 0 Å². The van der Waals surface area contributed by atoms with Gasteiger partial charge in [0, 0.05) is 0 Å². The Labute approximate surface area is 343 Å². The first-order chi connectivity index (χ1) is 27.9. The second-order valence-corrected chi connectivity index (χ2v) is 17.5. The van der Waals surface area contributed by atoms with Crippen LogP contribution in [0.15, 0.2) is 0 Å². The highest BCUT2D eigenvalue weighted by Crippen LogP contribution is 2.36. The standard InChI is InChI=1S/C24H42O33S4/c25-1-5-9(27)10(28)19(56-60(41,42)43)23(50-5)55-18-8(4-48-59(38,39)40)52-22(14(32)12(18)30)53-16-6(2-26)51-24(20(15(16)33)57-61(44,45)46)54-17-7(3-47-58(35,36)37)49-21(34)13(31)11(17)29/h5-34H,1-4H2,(H,35,36,37)(H,38,39,40)(H,41,42,43)(H,44,45,46)/t5-,6-,7+,8+,9+,10-,11+,12+,13+,14+,15-,16+,17+,18+,19+,20+,21+,22-,23?,24?/m0/s1. The summed E-state index contributed by atoms with van der Waals surface area (Å²) in [5.74, 6) is 0. The lowest BCUT2D eigenvalue weighted by molar-refractivity contribution is -0.385. The van der Waals surface area contributed by atoms with Crippen LogP contribution in [0.2, 0.25) is 0 Å². The Bertz CT molecular complexity index is 1880. The molecule has 0 aromatic rings. The highest BCUT2D eigenvalue weighted by atomic mass is 32.3. The SMILES string of the molecule is O=S(=O)(O)OC[C@H]1O[C@@H](O)[C@H](O)[C@@H](O)[C@@H]1OC1O[C@@H](CO)[C@@H](O[C@@H]2O[C@H](COS(=O)(=O)O)[C@@H](OC3O[C@@H](CO)[C@@H](O)[C@H](O)[C@H]3OS(=O)(=O)O)[C@H](O)[C@H]2O)[C@H](O)[C@H]1OS(=O)(=O)O. The van der Waals surface area contributed by atoms with Gasteiger partial charge in [-0.1, -0.05) is 0 Å². The zero-order chi connectivity index (χ0) is 46.2. The lowest BCUT2D eigenvalue weighted by Gasteiger charge is -2.49. The van der Waals surface area contributed by atoms with Crippen LogP contribution in [0, 0.1) is 0 Å². The van der Waals surface area contributed by atoms with E-state index in [1.807, 2.05) is 0 Å². The molecule has 0 spiro atoms. The van der Waals surface area contributed by atoms with Gasteiger partial charge in [0.25, 0.3) is 0 Å². The number of rotatable bonds is 18. The predicted octanol–water partition coefficient (Wildman–Crippen LogP) is -10.4. The molecule has 14 N–H and O–H groups in total. The average molecular weight is 987 g/mol. The summed E-state index contributed by atoms with van der Waals surface area (Å²) in [6.07, 6.45) is -46.3. The maximum Gasteiger partial charge on any atom is 0.397 e. The van der Waals surface area contributed by atoms with Crippen LogP contribution in [0.3, 0.4) is 0 Å². The fourth-order valence-corrected chi connectivity index (χ4v) is 7.87. The highest BCUT2D eigenvalue weighted by Gasteiger charge is 2.57. The van der Waals surface area contributed by atoms with Crippen LogP contribution in [0.4, 0.5) is 0 Å². The second kappa shape index (κ2) is 20.5. The minimum Gasteiger partial charge on any atom is -0.394 e. The van der Waals surface area contributed by atoms with E-state index in [-0.39, 0.29) is 0 Å². The molecule has 4 heterocycles. The van der Waals surface area contributed by atoms with Crippen LogP contribution in [0.1, 0.15) is 0 Å². The van der Waals surface area contributed by atoms with Gasteiger partial charge in [-0.3, -0.25) is 18.2 Å². The lowest BCUT2D eigenvalue weighted by atomic mass is 9.95. The third-order valence-corrected chi connectivity index (χ3v) is 10.8. The van der Waals surface area contributed by atoms with Gasteiger partial charge in [0.15, 0.2) is 37.4 Å². The third kappa shape index (κ3) is 13.9. The van der Waals surface area contributed by atoms with Crippen molar-refractivity contribution in [1.82, 2.24) is 0 Å². The first-order valence-electron chi connectivity index (χ1n) is 16.7. The van der Waals surface area contributed by atoms with Gasteiger partial charge < -0.3 is 84.2 Å². The molecule has 4 aliphatic heterocycles. The molecule has 360 valence electrons. The molecule has 0 amide bonds. The van der Waals surface area contributed by atoms with Crippen molar-refractivity contribution >= 4 is 41.6 Å². The van der Waals surface area contributed by atoms with Crippen molar-refractivity contribution in [2.24, 2.45) is 0 Å². The van der Waals surface area contributed by atoms with Crippen LogP contribution in [0.5, 0.6) is 0 Å². The van der Waals surface area contributed by atoms with Crippen LogP contribution >= 0.6 is 0 Å². The van der Waals surface area contributed by atoms with Gasteiger partial charge in [-0.25, -0.2) is 16.7 Å². The van der Waals surface area contributed by atoms with Gasteiger partial charge in [-0.2, -0.15) is 33.7 Å². The number of hydrogen-bond acceptors (Lipinski definition) is 29. The van der Waals surface area contributed by atoms with Crippen molar-refractivity contribution in [2.45, 2.75) is 123 Å². The first-order valence-corrected chi connectivity index (χ1v) is 22.2. The van der Waals surface area contributed by atoms with Crippen molar-refractivity contribution in [3.05, 3.63) is 0 Å². The average Bonchev–Trinajstić information content (AvgIpc) is 3.13. The third-order valence-electron chi connectivity index (χ3n) is 9.02. The summed E-state index contributed by atoms with van der Waals surface area (Å²) >= 11 is 0. The molecule has 0 radical (unpaired) electrons. The molecule has 0 aromatic heterocycles. The summed E-state index contributed by atoms with van der Waals surface area (Å²) in [6.45, 7) is -5.15. The number of ether oxygens (including phenoxy) is 7. The van der Waals surface area contributed by atoms with Gasteiger partial charge >= 0.3 is 41.6 Å². The molecule has 0 aromatic carbocycles. The van der Waals surface area contributed by atoms with E-state index in [0.717, 1.165) is 0 Å². The molecule has 33 nitrogen and oxygen atoms in total. The molecule has 37 heteroatoms. The Hall–Kier alpha value is -1.20. The maximum absolute atomic E-state index is 11.9. The van der Waals surface area contributed by atoms with E-state index in [2.05, 4.69) is 16.7 Å². The molecule has 4 fully saturated rings. The first kappa shape index (κ1) is 52.4. The van der Waals surface area contributed by atoms with Crippen molar-refractivity contribution in [2.75, 3.05) is 26.4 Å². The zero-order valence-corrected chi connectivity index (χ0v) is 33.3. The van der Waals surface area contributed by atoms with Crippen LogP contribution < -0.4 is 0 Å². The number of hydrogen-bond donors (Lipinski definition) is 14. The Morgan fingerprint density at radius 2 is 0.738 bits per heavy atom. The number of aliphatic hydroxyl groups excluding tert-OH is 10. The molecule has 61 heavy (non-hydrogen) atoms. The molecule has 0 saturated carbocycles.